The van der Waals surface area contributed by atoms with Crippen LogP contribution in [0, 0.1) is 0 Å². The SMILES string of the molecule is CCOC(=O)C(Cc1cc2ccc(Cl)cc2[nH]1)(NC(C)=O)C(=O)OCC. The van der Waals surface area contributed by atoms with E-state index in [0.717, 1.165) is 10.9 Å². The fraction of sp³-hybridized carbons (Fsp3) is 0.389. The van der Waals surface area contributed by atoms with Crippen LogP contribution in [-0.2, 0) is 30.3 Å². The number of halogens is 1. The number of esters is 2. The van der Waals surface area contributed by atoms with Crippen molar-refractivity contribution in [1.29, 1.82) is 0 Å². The predicted molar refractivity (Wildman–Crippen MR) is 96.8 cm³/mol. The Labute approximate surface area is 156 Å². The zero-order valence-electron chi connectivity index (χ0n) is 14.8. The minimum Gasteiger partial charge on any atom is -0.464 e. The van der Waals surface area contributed by atoms with Crippen LogP contribution in [0.15, 0.2) is 24.3 Å². The van der Waals surface area contributed by atoms with Crippen LogP contribution in [0.4, 0.5) is 0 Å². The fourth-order valence-corrected chi connectivity index (χ4v) is 2.90. The smallest absolute Gasteiger partial charge is 0.344 e. The summed E-state index contributed by atoms with van der Waals surface area (Å²) >= 11 is 5.99. The molecular weight excluding hydrogens is 360 g/mol. The summed E-state index contributed by atoms with van der Waals surface area (Å²) < 4.78 is 10.1. The van der Waals surface area contributed by atoms with E-state index in [1.807, 2.05) is 6.07 Å². The lowest BCUT2D eigenvalue weighted by Gasteiger charge is -2.29. The molecule has 26 heavy (non-hydrogen) atoms. The van der Waals surface area contributed by atoms with Crippen LogP contribution >= 0.6 is 11.6 Å². The Balaban J connectivity index is 2.50. The molecule has 2 N–H and O–H groups in total. The Hall–Kier alpha value is -2.54. The largest absolute Gasteiger partial charge is 0.464 e. The van der Waals surface area contributed by atoms with E-state index in [9.17, 15) is 14.4 Å². The van der Waals surface area contributed by atoms with Crippen LogP contribution in [0.2, 0.25) is 5.02 Å². The number of carbonyl (C=O) groups is 3. The maximum absolute atomic E-state index is 12.6. The Morgan fingerprint density at radius 3 is 2.27 bits per heavy atom. The molecule has 0 saturated carbocycles. The molecule has 1 heterocycles. The number of amides is 1. The van der Waals surface area contributed by atoms with E-state index in [1.54, 1.807) is 32.0 Å². The number of ether oxygens (including phenoxy) is 2. The van der Waals surface area contributed by atoms with Gasteiger partial charge in [0.25, 0.3) is 0 Å². The molecule has 8 heteroatoms. The summed E-state index contributed by atoms with van der Waals surface area (Å²) in [6.07, 6.45) is -0.142. The van der Waals surface area contributed by atoms with Crippen LogP contribution in [-0.4, -0.2) is 41.6 Å². The quantitative estimate of drug-likeness (QED) is 0.567. The number of aromatic amines is 1. The topological polar surface area (TPSA) is 97.5 Å². The van der Waals surface area contributed by atoms with Crippen molar-refractivity contribution in [3.63, 3.8) is 0 Å². The first-order valence-electron chi connectivity index (χ1n) is 8.22. The second kappa shape index (κ2) is 8.23. The molecule has 2 rings (SSSR count). The van der Waals surface area contributed by atoms with Gasteiger partial charge in [-0.1, -0.05) is 17.7 Å². The molecule has 0 aliphatic heterocycles. The van der Waals surface area contributed by atoms with E-state index in [4.69, 9.17) is 21.1 Å². The molecule has 0 bridgehead atoms. The number of carbonyl (C=O) groups excluding carboxylic acids is 3. The number of nitrogens with one attached hydrogen (secondary N) is 2. The van der Waals surface area contributed by atoms with E-state index in [0.29, 0.717) is 10.7 Å². The van der Waals surface area contributed by atoms with Crippen molar-refractivity contribution in [3.8, 4) is 0 Å². The van der Waals surface area contributed by atoms with E-state index >= 15 is 0 Å². The Morgan fingerprint density at radius 2 is 1.73 bits per heavy atom. The summed E-state index contributed by atoms with van der Waals surface area (Å²) in [6, 6.07) is 7.06. The maximum Gasteiger partial charge on any atom is 0.344 e. The van der Waals surface area contributed by atoms with Crippen molar-refractivity contribution >= 4 is 40.3 Å². The van der Waals surface area contributed by atoms with Crippen LogP contribution in [0.25, 0.3) is 10.9 Å². The van der Waals surface area contributed by atoms with Gasteiger partial charge in [0.2, 0.25) is 11.4 Å². The summed E-state index contributed by atoms with van der Waals surface area (Å²) in [6.45, 7) is 4.57. The zero-order valence-corrected chi connectivity index (χ0v) is 15.6. The second-order valence-corrected chi connectivity index (χ2v) is 6.17. The van der Waals surface area contributed by atoms with Crippen molar-refractivity contribution in [3.05, 3.63) is 35.0 Å². The molecule has 0 unspecified atom stereocenters. The molecule has 0 radical (unpaired) electrons. The minimum atomic E-state index is -1.97. The van der Waals surface area contributed by atoms with Gasteiger partial charge in [0.15, 0.2) is 0 Å². The molecule has 0 aliphatic carbocycles. The molecule has 2 aromatic rings. The lowest BCUT2D eigenvalue weighted by Crippen LogP contribution is -2.62. The highest BCUT2D eigenvalue weighted by atomic mass is 35.5. The molecule has 140 valence electrons. The third-order valence-corrected chi connectivity index (χ3v) is 3.97. The van der Waals surface area contributed by atoms with Crippen LogP contribution in [0.1, 0.15) is 26.5 Å². The number of H-pyrrole nitrogens is 1. The van der Waals surface area contributed by atoms with Gasteiger partial charge in [-0.25, -0.2) is 9.59 Å². The average Bonchev–Trinajstić information content (AvgIpc) is 2.95. The van der Waals surface area contributed by atoms with E-state index in [-0.39, 0.29) is 19.6 Å². The third kappa shape index (κ3) is 4.16. The summed E-state index contributed by atoms with van der Waals surface area (Å²) in [7, 11) is 0. The van der Waals surface area contributed by atoms with E-state index in [1.165, 1.54) is 6.92 Å². The van der Waals surface area contributed by atoms with E-state index in [2.05, 4.69) is 10.3 Å². The monoisotopic (exact) mass is 380 g/mol. The third-order valence-electron chi connectivity index (χ3n) is 3.73. The van der Waals surface area contributed by atoms with Crippen molar-refractivity contribution in [2.45, 2.75) is 32.7 Å². The number of rotatable bonds is 7. The molecule has 1 aromatic carbocycles. The highest BCUT2D eigenvalue weighted by Crippen LogP contribution is 2.24. The summed E-state index contributed by atoms with van der Waals surface area (Å²) in [4.78, 5) is 40.1. The lowest BCUT2D eigenvalue weighted by molar-refractivity contribution is -0.168. The molecule has 0 aliphatic rings. The zero-order chi connectivity index (χ0) is 19.3. The summed E-state index contributed by atoms with van der Waals surface area (Å²) in [5.41, 5.74) is -0.670. The Bertz CT molecular complexity index is 812. The van der Waals surface area contributed by atoms with Gasteiger partial charge in [0.1, 0.15) is 0 Å². The van der Waals surface area contributed by atoms with Gasteiger partial charge in [0.05, 0.1) is 13.2 Å². The molecule has 1 amide bonds. The number of hydrogen-bond donors (Lipinski definition) is 2. The van der Waals surface area contributed by atoms with Gasteiger partial charge in [-0.05, 0) is 37.4 Å². The first-order chi connectivity index (χ1) is 12.3. The second-order valence-electron chi connectivity index (χ2n) is 5.73. The van der Waals surface area contributed by atoms with Gasteiger partial charge in [-0.15, -0.1) is 0 Å². The molecule has 1 aromatic heterocycles. The number of benzene rings is 1. The van der Waals surface area contributed by atoms with Crippen molar-refractivity contribution in [2.24, 2.45) is 0 Å². The standard InChI is InChI=1S/C18H21ClN2O5/c1-4-25-16(23)18(21-11(3)22,17(24)26-5-2)10-14-8-12-6-7-13(19)9-15(12)20-14/h6-9,20H,4-5,10H2,1-3H3,(H,21,22). The molecule has 0 saturated heterocycles. The Kier molecular flexibility index (Phi) is 6.26. The van der Waals surface area contributed by atoms with Gasteiger partial charge in [-0.3, -0.25) is 4.79 Å². The number of hydrogen-bond acceptors (Lipinski definition) is 5. The van der Waals surface area contributed by atoms with Crippen molar-refractivity contribution in [2.75, 3.05) is 13.2 Å². The molecule has 7 nitrogen and oxygen atoms in total. The predicted octanol–water partition coefficient (Wildman–Crippen LogP) is 2.36. The molecule has 0 spiro atoms. The summed E-state index contributed by atoms with van der Waals surface area (Å²) in [5.74, 6) is -2.29. The Morgan fingerprint density at radius 1 is 1.12 bits per heavy atom. The highest BCUT2D eigenvalue weighted by molar-refractivity contribution is 6.31. The van der Waals surface area contributed by atoms with Gasteiger partial charge < -0.3 is 19.8 Å². The van der Waals surface area contributed by atoms with Crippen LogP contribution in [0.5, 0.6) is 0 Å². The maximum atomic E-state index is 12.6. The fourth-order valence-electron chi connectivity index (χ4n) is 2.72. The summed E-state index contributed by atoms with van der Waals surface area (Å²) in [5, 5.41) is 3.84. The van der Waals surface area contributed by atoms with Crippen molar-refractivity contribution in [1.82, 2.24) is 10.3 Å². The van der Waals surface area contributed by atoms with Crippen LogP contribution < -0.4 is 5.32 Å². The normalized spacial score (nSPS) is 11.2. The number of aromatic nitrogens is 1. The molecule has 0 fully saturated rings. The highest BCUT2D eigenvalue weighted by Gasteiger charge is 2.50. The first kappa shape index (κ1) is 19.8. The lowest BCUT2D eigenvalue weighted by atomic mass is 9.93. The van der Waals surface area contributed by atoms with Gasteiger partial charge in [-0.2, -0.15) is 0 Å². The minimum absolute atomic E-state index is 0.0574. The van der Waals surface area contributed by atoms with Crippen molar-refractivity contribution < 1.29 is 23.9 Å². The average molecular weight is 381 g/mol. The van der Waals surface area contributed by atoms with E-state index < -0.39 is 23.4 Å². The van der Waals surface area contributed by atoms with Crippen LogP contribution in [0.3, 0.4) is 0 Å². The molecule has 0 atom stereocenters. The number of fused-ring (bicyclic) bond motifs is 1. The van der Waals surface area contributed by atoms with Gasteiger partial charge in [0, 0.05) is 29.6 Å². The molecular formula is C18H21ClN2O5. The first-order valence-corrected chi connectivity index (χ1v) is 8.60. The van der Waals surface area contributed by atoms with Gasteiger partial charge >= 0.3 is 11.9 Å².